The topological polar surface area (TPSA) is 8.17 Å². The third kappa shape index (κ3) is 6.23. The molecule has 0 saturated heterocycles. The lowest BCUT2D eigenvalue weighted by molar-refractivity contribution is 1.18. The van der Waals surface area contributed by atoms with Gasteiger partial charge in [-0.3, -0.25) is 0 Å². The van der Waals surface area contributed by atoms with Crippen LogP contribution in [-0.4, -0.2) is 4.57 Å². The lowest BCUT2D eigenvalue weighted by Gasteiger charge is -2.29. The smallest absolute Gasteiger partial charge is 0.0561 e. The minimum Gasteiger partial charge on any atom is -0.310 e. The van der Waals surface area contributed by atoms with Gasteiger partial charge in [0.2, 0.25) is 0 Å². The first-order valence-corrected chi connectivity index (χ1v) is 20.6. The highest BCUT2D eigenvalue weighted by atomic mass is 15.1. The molecule has 11 aromatic rings. The summed E-state index contributed by atoms with van der Waals surface area (Å²) in [6, 6.07) is 88.0. The van der Waals surface area contributed by atoms with E-state index in [0.717, 1.165) is 33.8 Å². The lowest BCUT2D eigenvalue weighted by Crippen LogP contribution is -2.11. The van der Waals surface area contributed by atoms with Gasteiger partial charge in [0.1, 0.15) is 0 Å². The van der Waals surface area contributed by atoms with Gasteiger partial charge in [0.15, 0.2) is 0 Å². The van der Waals surface area contributed by atoms with E-state index in [4.69, 9.17) is 0 Å². The van der Waals surface area contributed by atoms with Gasteiger partial charge in [0.05, 0.1) is 16.7 Å². The zero-order chi connectivity index (χ0) is 39.8. The molecule has 10 aromatic carbocycles. The Morgan fingerprint density at radius 2 is 0.817 bits per heavy atom. The minimum absolute atomic E-state index is 1.08. The van der Waals surface area contributed by atoms with Crippen molar-refractivity contribution < 1.29 is 0 Å². The molecule has 0 unspecified atom stereocenters. The first kappa shape index (κ1) is 35.2. The monoisotopic (exact) mass is 764 g/mol. The van der Waals surface area contributed by atoms with Crippen LogP contribution in [0, 0.1) is 0 Å². The Labute approximate surface area is 350 Å². The average Bonchev–Trinajstić information content (AvgIpc) is 3.66. The third-order valence-electron chi connectivity index (χ3n) is 11.8. The summed E-state index contributed by atoms with van der Waals surface area (Å²) in [4.78, 5) is 2.44. The summed E-state index contributed by atoms with van der Waals surface area (Å²) in [6.45, 7) is 0. The SMILES string of the molecule is c1ccc(-c2ccccc2-c2ccccc2-c2ccccc2N(c2ccc(-c3ccc4ccccc4c3)cc2)c2ccc3c4ccccc4n(-c4ccccc4)c3c2)cc1. The Kier molecular flexibility index (Phi) is 8.87. The predicted molar refractivity (Wildman–Crippen MR) is 255 cm³/mol. The molecule has 0 aliphatic heterocycles. The van der Waals surface area contributed by atoms with Crippen molar-refractivity contribution in [1.82, 2.24) is 4.57 Å². The van der Waals surface area contributed by atoms with E-state index in [2.05, 4.69) is 252 Å². The maximum Gasteiger partial charge on any atom is 0.0561 e. The summed E-state index contributed by atoms with van der Waals surface area (Å²) in [5, 5.41) is 4.95. The van der Waals surface area contributed by atoms with Gasteiger partial charge in [-0.05, 0) is 104 Å². The molecule has 0 radical (unpaired) electrons. The van der Waals surface area contributed by atoms with Crippen molar-refractivity contribution in [2.45, 2.75) is 0 Å². The number of rotatable bonds is 8. The molecular formula is C58H40N2. The Morgan fingerprint density at radius 3 is 1.58 bits per heavy atom. The molecule has 0 atom stereocenters. The minimum atomic E-state index is 1.08. The van der Waals surface area contributed by atoms with Crippen LogP contribution < -0.4 is 4.90 Å². The van der Waals surface area contributed by atoms with E-state index >= 15 is 0 Å². The maximum absolute atomic E-state index is 2.44. The Balaban J connectivity index is 1.12. The summed E-state index contributed by atoms with van der Waals surface area (Å²) in [5.74, 6) is 0. The largest absolute Gasteiger partial charge is 0.310 e. The van der Waals surface area contributed by atoms with Crippen molar-refractivity contribution in [1.29, 1.82) is 0 Å². The molecular weight excluding hydrogens is 725 g/mol. The molecule has 0 amide bonds. The highest BCUT2D eigenvalue weighted by Crippen LogP contribution is 2.46. The van der Waals surface area contributed by atoms with Crippen molar-refractivity contribution in [3.8, 4) is 50.2 Å². The van der Waals surface area contributed by atoms with Crippen LogP contribution in [0.5, 0.6) is 0 Å². The van der Waals surface area contributed by atoms with Gasteiger partial charge in [-0.1, -0.05) is 188 Å². The average molecular weight is 765 g/mol. The lowest BCUT2D eigenvalue weighted by atomic mass is 9.88. The second kappa shape index (κ2) is 15.1. The van der Waals surface area contributed by atoms with Crippen LogP contribution in [0.1, 0.15) is 0 Å². The second-order valence-corrected chi connectivity index (χ2v) is 15.3. The Morgan fingerprint density at radius 1 is 0.283 bits per heavy atom. The number of hydrogen-bond acceptors (Lipinski definition) is 1. The summed E-state index contributed by atoms with van der Waals surface area (Å²) in [5.41, 5.74) is 16.3. The molecule has 60 heavy (non-hydrogen) atoms. The normalized spacial score (nSPS) is 11.3. The van der Waals surface area contributed by atoms with Gasteiger partial charge in [-0.25, -0.2) is 0 Å². The van der Waals surface area contributed by atoms with Crippen molar-refractivity contribution >= 4 is 49.6 Å². The van der Waals surface area contributed by atoms with Crippen molar-refractivity contribution in [3.05, 3.63) is 243 Å². The molecule has 0 spiro atoms. The summed E-state index contributed by atoms with van der Waals surface area (Å²) < 4.78 is 2.40. The standard InChI is InChI=1S/C58H40N2/c1-3-18-43(19-4-1)49-23-9-10-24-50(49)51-25-11-12-26-52(51)53-27-13-15-29-56(53)59(47-35-33-42(34-36-47)45-32-31-41-17-7-8-20-44(41)39-45)48-37-38-55-54-28-14-16-30-57(54)60(58(55)40-48)46-21-5-2-6-22-46/h1-40H. The fourth-order valence-corrected chi connectivity index (χ4v) is 8.99. The van der Waals surface area contributed by atoms with Crippen molar-refractivity contribution in [3.63, 3.8) is 0 Å². The third-order valence-corrected chi connectivity index (χ3v) is 11.8. The molecule has 2 heteroatoms. The molecule has 0 N–H and O–H groups in total. The van der Waals surface area contributed by atoms with E-state index in [0.29, 0.717) is 0 Å². The van der Waals surface area contributed by atoms with Gasteiger partial charge in [-0.15, -0.1) is 0 Å². The molecule has 0 fully saturated rings. The summed E-state index contributed by atoms with van der Waals surface area (Å²) in [7, 11) is 0. The highest BCUT2D eigenvalue weighted by Gasteiger charge is 2.22. The molecule has 0 bridgehead atoms. The number of fused-ring (bicyclic) bond motifs is 4. The van der Waals surface area contributed by atoms with Crippen LogP contribution in [-0.2, 0) is 0 Å². The van der Waals surface area contributed by atoms with Crippen LogP contribution in [0.2, 0.25) is 0 Å². The second-order valence-electron chi connectivity index (χ2n) is 15.3. The molecule has 0 aliphatic rings. The molecule has 0 aliphatic carbocycles. The van der Waals surface area contributed by atoms with E-state index in [1.54, 1.807) is 0 Å². The first-order valence-electron chi connectivity index (χ1n) is 20.6. The molecule has 11 rings (SSSR count). The Bertz CT molecular complexity index is 3310. The molecule has 1 heterocycles. The van der Waals surface area contributed by atoms with Crippen LogP contribution in [0.15, 0.2) is 243 Å². The predicted octanol–water partition coefficient (Wildman–Crippen LogP) is 16.1. The zero-order valence-corrected chi connectivity index (χ0v) is 33.0. The molecule has 0 saturated carbocycles. The van der Waals surface area contributed by atoms with Crippen molar-refractivity contribution in [2.75, 3.05) is 4.90 Å². The van der Waals surface area contributed by atoms with E-state index in [1.165, 1.54) is 66.0 Å². The molecule has 1 aromatic heterocycles. The number of nitrogens with zero attached hydrogens (tertiary/aromatic N) is 2. The van der Waals surface area contributed by atoms with Gasteiger partial charge in [0, 0.05) is 33.4 Å². The van der Waals surface area contributed by atoms with E-state index in [-0.39, 0.29) is 0 Å². The fourth-order valence-electron chi connectivity index (χ4n) is 8.99. The van der Waals surface area contributed by atoms with E-state index in [1.807, 2.05) is 0 Å². The highest BCUT2D eigenvalue weighted by molar-refractivity contribution is 6.10. The number of benzene rings is 10. The van der Waals surface area contributed by atoms with Gasteiger partial charge < -0.3 is 9.47 Å². The summed E-state index contributed by atoms with van der Waals surface area (Å²) in [6.07, 6.45) is 0. The van der Waals surface area contributed by atoms with E-state index in [9.17, 15) is 0 Å². The van der Waals surface area contributed by atoms with Crippen LogP contribution in [0.3, 0.4) is 0 Å². The zero-order valence-electron chi connectivity index (χ0n) is 33.0. The Hall–Kier alpha value is -7.94. The maximum atomic E-state index is 2.44. The molecule has 2 nitrogen and oxygen atoms in total. The number of hydrogen-bond donors (Lipinski definition) is 0. The van der Waals surface area contributed by atoms with Crippen LogP contribution >= 0.6 is 0 Å². The molecule has 282 valence electrons. The number of para-hydroxylation sites is 3. The van der Waals surface area contributed by atoms with Crippen LogP contribution in [0.4, 0.5) is 17.1 Å². The van der Waals surface area contributed by atoms with Gasteiger partial charge >= 0.3 is 0 Å². The fraction of sp³-hybridized carbons (Fsp3) is 0. The van der Waals surface area contributed by atoms with Gasteiger partial charge in [0.25, 0.3) is 0 Å². The number of anilines is 3. The summed E-state index contributed by atoms with van der Waals surface area (Å²) >= 11 is 0. The van der Waals surface area contributed by atoms with E-state index < -0.39 is 0 Å². The van der Waals surface area contributed by atoms with Crippen molar-refractivity contribution in [2.24, 2.45) is 0 Å². The first-order chi connectivity index (χ1) is 29.8. The number of aromatic nitrogens is 1. The van der Waals surface area contributed by atoms with Crippen LogP contribution in [0.25, 0.3) is 82.8 Å². The quantitative estimate of drug-likeness (QED) is 0.150. The van der Waals surface area contributed by atoms with Gasteiger partial charge in [-0.2, -0.15) is 0 Å².